The monoisotopic (exact) mass is 503 g/mol. The molecule has 0 aliphatic carbocycles. The number of amides is 1. The first kappa shape index (κ1) is 27.2. The van der Waals surface area contributed by atoms with E-state index >= 15 is 0 Å². The van der Waals surface area contributed by atoms with Gasteiger partial charge in [-0.2, -0.15) is 0 Å². The molecule has 1 aromatic heterocycles. The highest BCUT2D eigenvalue weighted by Gasteiger charge is 2.47. The summed E-state index contributed by atoms with van der Waals surface area (Å²) in [4.78, 5) is 45.7. The zero-order valence-corrected chi connectivity index (χ0v) is 21.2. The summed E-state index contributed by atoms with van der Waals surface area (Å²) in [5, 5.41) is 10.1. The number of hydrogen-bond donors (Lipinski definition) is 2. The summed E-state index contributed by atoms with van der Waals surface area (Å²) in [6.45, 7) is 5.90. The molecule has 0 saturated carbocycles. The average Bonchev–Trinajstić information content (AvgIpc) is 2.84. The summed E-state index contributed by atoms with van der Waals surface area (Å²) < 4.78 is 22.1. The van der Waals surface area contributed by atoms with Gasteiger partial charge in [0.25, 0.3) is 5.56 Å². The lowest BCUT2D eigenvalue weighted by Crippen LogP contribution is -2.56. The van der Waals surface area contributed by atoms with E-state index in [0.29, 0.717) is 26.1 Å². The van der Waals surface area contributed by atoms with Crippen LogP contribution in [-0.2, 0) is 31.1 Å². The zero-order chi connectivity index (χ0) is 26.5. The van der Waals surface area contributed by atoms with Crippen LogP contribution in [0.2, 0.25) is 0 Å². The van der Waals surface area contributed by atoms with Gasteiger partial charge in [-0.3, -0.25) is 9.69 Å². The number of methoxy groups -OCH3 is 1. The molecule has 36 heavy (non-hydrogen) atoms. The van der Waals surface area contributed by atoms with Crippen molar-refractivity contribution in [3.63, 3.8) is 0 Å². The van der Waals surface area contributed by atoms with Gasteiger partial charge in [0.05, 0.1) is 33.0 Å². The van der Waals surface area contributed by atoms with Crippen LogP contribution in [0.25, 0.3) is 0 Å². The highest BCUT2D eigenvalue weighted by Crippen LogP contribution is 2.37. The van der Waals surface area contributed by atoms with Crippen molar-refractivity contribution in [1.82, 2.24) is 14.9 Å². The number of carbonyl (C=O) groups excluding carboxylic acids is 2. The third-order valence-electron chi connectivity index (χ3n) is 5.88. The van der Waals surface area contributed by atoms with E-state index in [1.54, 1.807) is 20.8 Å². The fourth-order valence-corrected chi connectivity index (χ4v) is 3.87. The minimum atomic E-state index is -1.28. The third-order valence-corrected chi connectivity index (χ3v) is 5.88. The van der Waals surface area contributed by atoms with E-state index in [9.17, 15) is 19.5 Å². The fraction of sp³-hybridized carbons (Fsp3) is 0.520. The molecule has 1 saturated heterocycles. The van der Waals surface area contributed by atoms with E-state index in [1.807, 2.05) is 30.3 Å². The third kappa shape index (κ3) is 6.21. The summed E-state index contributed by atoms with van der Waals surface area (Å²) in [5.41, 5.74) is -2.52. The second-order valence-corrected chi connectivity index (χ2v) is 9.65. The Morgan fingerprint density at radius 3 is 2.56 bits per heavy atom. The van der Waals surface area contributed by atoms with Gasteiger partial charge in [0.2, 0.25) is 5.75 Å². The minimum Gasteiger partial charge on any atom is -0.501 e. The van der Waals surface area contributed by atoms with Crippen molar-refractivity contribution in [2.75, 3.05) is 27.4 Å². The number of ether oxygens (including phenoxy) is 4. The zero-order valence-electron chi connectivity index (χ0n) is 21.2. The first-order valence-electron chi connectivity index (χ1n) is 11.6. The molecule has 2 N–H and O–H groups in total. The Balaban J connectivity index is 1.86. The number of likely N-dealkylation sites (N-methyl/N-ethyl adjacent to an activating group) is 1. The van der Waals surface area contributed by atoms with Gasteiger partial charge < -0.3 is 29.0 Å². The number of benzene rings is 1. The maximum Gasteiger partial charge on any atom is 0.410 e. The topological polar surface area (TPSA) is 140 Å². The lowest BCUT2D eigenvalue weighted by atomic mass is 9.87. The van der Waals surface area contributed by atoms with Gasteiger partial charge in [-0.25, -0.2) is 14.6 Å². The van der Waals surface area contributed by atoms with Crippen LogP contribution in [-0.4, -0.2) is 71.1 Å². The molecule has 3 rings (SSSR count). The summed E-state index contributed by atoms with van der Waals surface area (Å²) in [5.74, 6) is -1.88. The van der Waals surface area contributed by atoms with Gasteiger partial charge in [0.1, 0.15) is 17.0 Å². The Morgan fingerprint density at radius 1 is 1.28 bits per heavy atom. The number of esters is 1. The molecule has 0 radical (unpaired) electrons. The van der Waals surface area contributed by atoms with Crippen LogP contribution in [0, 0.1) is 0 Å². The van der Waals surface area contributed by atoms with Gasteiger partial charge in [0, 0.05) is 7.05 Å². The maximum atomic E-state index is 13.0. The molecule has 2 atom stereocenters. The van der Waals surface area contributed by atoms with Crippen LogP contribution in [0.15, 0.2) is 35.1 Å². The SMILES string of the molecule is COC(=O)c1nc([C@]2(N(C)C(=O)OC(C)(C)C)CC[C@@H](COCc3ccccc3)OC2)[nH]c(=O)c1O. The van der Waals surface area contributed by atoms with E-state index in [4.69, 9.17) is 14.2 Å². The van der Waals surface area contributed by atoms with Crippen molar-refractivity contribution >= 4 is 12.1 Å². The highest BCUT2D eigenvalue weighted by atomic mass is 16.6. The number of aromatic nitrogens is 2. The van der Waals surface area contributed by atoms with E-state index in [2.05, 4.69) is 14.7 Å². The van der Waals surface area contributed by atoms with Crippen LogP contribution < -0.4 is 5.56 Å². The molecule has 11 heteroatoms. The van der Waals surface area contributed by atoms with Gasteiger partial charge >= 0.3 is 12.1 Å². The van der Waals surface area contributed by atoms with E-state index in [1.165, 1.54) is 11.9 Å². The van der Waals surface area contributed by atoms with Crippen molar-refractivity contribution in [3.05, 3.63) is 57.8 Å². The molecule has 2 aromatic rings. The number of hydrogen-bond acceptors (Lipinski definition) is 9. The molecule has 0 spiro atoms. The number of aromatic amines is 1. The van der Waals surface area contributed by atoms with Crippen molar-refractivity contribution in [1.29, 1.82) is 0 Å². The van der Waals surface area contributed by atoms with Crippen LogP contribution in [0.1, 0.15) is 55.5 Å². The van der Waals surface area contributed by atoms with E-state index in [-0.39, 0.29) is 18.5 Å². The summed E-state index contributed by atoms with van der Waals surface area (Å²) in [7, 11) is 2.62. The molecule has 1 aromatic carbocycles. The highest BCUT2D eigenvalue weighted by molar-refractivity contribution is 5.89. The molecule has 1 aliphatic rings. The summed E-state index contributed by atoms with van der Waals surface area (Å²) in [6.07, 6.45) is -0.158. The quantitative estimate of drug-likeness (QED) is 0.546. The lowest BCUT2D eigenvalue weighted by Gasteiger charge is -2.45. The largest absolute Gasteiger partial charge is 0.501 e. The second-order valence-electron chi connectivity index (χ2n) is 9.65. The molecular formula is C25H33N3O8. The van der Waals surface area contributed by atoms with E-state index < -0.39 is 40.2 Å². The number of H-pyrrole nitrogens is 1. The Labute approximate surface area is 209 Å². The van der Waals surface area contributed by atoms with Crippen molar-refractivity contribution in [2.24, 2.45) is 0 Å². The van der Waals surface area contributed by atoms with Gasteiger partial charge in [-0.1, -0.05) is 30.3 Å². The predicted molar refractivity (Wildman–Crippen MR) is 129 cm³/mol. The summed E-state index contributed by atoms with van der Waals surface area (Å²) in [6, 6.07) is 9.74. The Hall–Kier alpha value is -3.44. The Bertz CT molecular complexity index is 1120. The van der Waals surface area contributed by atoms with Gasteiger partial charge in [-0.05, 0) is 39.2 Å². The number of carbonyl (C=O) groups is 2. The molecular weight excluding hydrogens is 470 g/mol. The summed E-state index contributed by atoms with van der Waals surface area (Å²) >= 11 is 0. The molecule has 0 unspecified atom stereocenters. The molecule has 2 heterocycles. The van der Waals surface area contributed by atoms with Crippen LogP contribution in [0.5, 0.6) is 5.75 Å². The maximum absolute atomic E-state index is 13.0. The van der Waals surface area contributed by atoms with Gasteiger partial charge in [-0.15, -0.1) is 0 Å². The average molecular weight is 504 g/mol. The van der Waals surface area contributed by atoms with Crippen LogP contribution in [0.3, 0.4) is 0 Å². The number of aromatic hydroxyl groups is 1. The molecule has 1 aliphatic heterocycles. The first-order valence-corrected chi connectivity index (χ1v) is 11.6. The van der Waals surface area contributed by atoms with Gasteiger partial charge in [0.15, 0.2) is 5.69 Å². The predicted octanol–water partition coefficient (Wildman–Crippen LogP) is 2.72. The molecule has 0 bridgehead atoms. The number of rotatable bonds is 7. The van der Waals surface area contributed by atoms with Crippen molar-refractivity contribution < 1.29 is 33.6 Å². The first-order chi connectivity index (χ1) is 17.0. The second kappa shape index (κ2) is 11.1. The standard InChI is InChI=1S/C25H33N3O8/c1-24(2,3)36-23(32)28(4)25(22-26-18(21(31)33-5)19(29)20(30)27-22)12-11-17(35-15-25)14-34-13-16-9-7-6-8-10-16/h6-10,17,29H,11-15H2,1-5H3,(H,26,27,30)/t17-,25-/m0/s1. The smallest absolute Gasteiger partial charge is 0.410 e. The molecule has 196 valence electrons. The molecule has 1 amide bonds. The van der Waals surface area contributed by atoms with Crippen LogP contribution >= 0.6 is 0 Å². The normalized spacial score (nSPS) is 20.0. The molecule has 11 nitrogen and oxygen atoms in total. The van der Waals surface area contributed by atoms with Crippen LogP contribution in [0.4, 0.5) is 4.79 Å². The lowest BCUT2D eigenvalue weighted by molar-refractivity contribution is -0.113. The Morgan fingerprint density at radius 2 is 1.97 bits per heavy atom. The van der Waals surface area contributed by atoms with Crippen molar-refractivity contribution in [3.8, 4) is 5.75 Å². The van der Waals surface area contributed by atoms with Crippen molar-refractivity contribution in [2.45, 2.75) is 57.5 Å². The number of nitrogens with one attached hydrogen (secondary N) is 1. The molecule has 1 fully saturated rings. The van der Waals surface area contributed by atoms with E-state index in [0.717, 1.165) is 12.7 Å². The number of nitrogens with zero attached hydrogens (tertiary/aromatic N) is 2. The Kier molecular flexibility index (Phi) is 8.36. The minimum absolute atomic E-state index is 0.0253. The fourth-order valence-electron chi connectivity index (χ4n) is 3.87.